The normalized spacial score (nSPS) is 20.0. The van der Waals surface area contributed by atoms with Crippen LogP contribution < -0.4 is 5.32 Å². The zero-order chi connectivity index (χ0) is 11.1. The van der Waals surface area contributed by atoms with Crippen molar-refractivity contribution in [1.82, 2.24) is 10.2 Å². The molecule has 1 N–H and O–H groups in total. The van der Waals surface area contributed by atoms with Gasteiger partial charge in [-0.25, -0.2) is 0 Å². The molecule has 1 rings (SSSR count). The summed E-state index contributed by atoms with van der Waals surface area (Å²) in [7, 11) is 2.23. The Balaban J connectivity index is 2.24. The maximum absolute atomic E-state index is 3.85. The van der Waals surface area contributed by atoms with Gasteiger partial charge in [0.2, 0.25) is 0 Å². The van der Waals surface area contributed by atoms with Crippen LogP contribution in [0.1, 0.15) is 52.4 Å². The van der Waals surface area contributed by atoms with Gasteiger partial charge in [-0.2, -0.15) is 0 Å². The quantitative estimate of drug-likeness (QED) is 0.728. The molecule has 0 saturated carbocycles. The fraction of sp³-hybridized carbons (Fsp3) is 1.00. The van der Waals surface area contributed by atoms with Gasteiger partial charge in [0.15, 0.2) is 0 Å². The minimum Gasteiger partial charge on any atom is -0.311 e. The van der Waals surface area contributed by atoms with Crippen LogP contribution in [0, 0.1) is 0 Å². The van der Waals surface area contributed by atoms with Crippen LogP contribution in [0.3, 0.4) is 0 Å². The molecule has 1 aliphatic heterocycles. The van der Waals surface area contributed by atoms with Crippen LogP contribution in [0.25, 0.3) is 0 Å². The van der Waals surface area contributed by atoms with Gasteiger partial charge in [-0.05, 0) is 45.8 Å². The van der Waals surface area contributed by atoms with Gasteiger partial charge in [0.05, 0.1) is 0 Å². The van der Waals surface area contributed by atoms with Crippen molar-refractivity contribution in [2.75, 3.05) is 20.1 Å². The summed E-state index contributed by atoms with van der Waals surface area (Å²) in [6, 6.07) is 1.55. The van der Waals surface area contributed by atoms with Crippen LogP contribution in [0.15, 0.2) is 0 Å². The van der Waals surface area contributed by atoms with Crippen molar-refractivity contribution >= 4 is 0 Å². The number of likely N-dealkylation sites (tertiary alicyclic amines) is 1. The Kier molecular flexibility index (Phi) is 6.26. The van der Waals surface area contributed by atoms with E-state index in [0.717, 1.165) is 12.1 Å². The van der Waals surface area contributed by atoms with E-state index in [-0.39, 0.29) is 0 Å². The molecule has 0 amide bonds. The van der Waals surface area contributed by atoms with Gasteiger partial charge in [-0.3, -0.25) is 0 Å². The first-order valence-corrected chi connectivity index (χ1v) is 6.70. The van der Waals surface area contributed by atoms with E-state index in [1.165, 1.54) is 51.6 Å². The van der Waals surface area contributed by atoms with Crippen molar-refractivity contribution in [2.24, 2.45) is 0 Å². The number of hydrogen-bond acceptors (Lipinski definition) is 2. The average Bonchev–Trinajstić information content (AvgIpc) is 2.22. The standard InChI is InChI=1S/C13H28N2/c1-4-6-12(7-5-2)14-13-8-10-15(3)11-9-13/h12-14H,4-11H2,1-3H3. The van der Waals surface area contributed by atoms with Gasteiger partial charge in [-0.15, -0.1) is 0 Å². The molecule has 0 unspecified atom stereocenters. The SMILES string of the molecule is CCCC(CCC)NC1CCN(C)CC1. The molecule has 1 heterocycles. The summed E-state index contributed by atoms with van der Waals surface area (Å²) in [6.07, 6.45) is 7.98. The largest absolute Gasteiger partial charge is 0.311 e. The molecule has 15 heavy (non-hydrogen) atoms. The second kappa shape index (κ2) is 7.24. The number of nitrogens with zero attached hydrogens (tertiary/aromatic N) is 1. The topological polar surface area (TPSA) is 15.3 Å². The summed E-state index contributed by atoms with van der Waals surface area (Å²) in [5.41, 5.74) is 0. The van der Waals surface area contributed by atoms with Crippen molar-refractivity contribution in [3.8, 4) is 0 Å². The highest BCUT2D eigenvalue weighted by atomic mass is 15.1. The van der Waals surface area contributed by atoms with Crippen LogP contribution in [0.2, 0.25) is 0 Å². The van der Waals surface area contributed by atoms with Crippen LogP contribution in [0.4, 0.5) is 0 Å². The molecule has 0 spiro atoms. The van der Waals surface area contributed by atoms with E-state index in [4.69, 9.17) is 0 Å². The first kappa shape index (κ1) is 13.0. The predicted molar refractivity (Wildman–Crippen MR) is 67.3 cm³/mol. The fourth-order valence-corrected chi connectivity index (χ4v) is 2.52. The minimum absolute atomic E-state index is 0.772. The molecule has 0 aromatic rings. The molecule has 1 aliphatic rings. The Morgan fingerprint density at radius 1 is 1.13 bits per heavy atom. The van der Waals surface area contributed by atoms with Crippen molar-refractivity contribution in [1.29, 1.82) is 0 Å². The molecule has 1 saturated heterocycles. The molecule has 0 aromatic heterocycles. The Morgan fingerprint density at radius 2 is 1.67 bits per heavy atom. The van der Waals surface area contributed by atoms with E-state index >= 15 is 0 Å². The maximum Gasteiger partial charge on any atom is 0.00939 e. The number of piperidine rings is 1. The highest BCUT2D eigenvalue weighted by Gasteiger charge is 2.18. The third kappa shape index (κ3) is 4.98. The summed E-state index contributed by atoms with van der Waals surface area (Å²) < 4.78 is 0. The third-order valence-corrected chi connectivity index (χ3v) is 3.46. The third-order valence-electron chi connectivity index (χ3n) is 3.46. The lowest BCUT2D eigenvalue weighted by Crippen LogP contribution is -2.45. The molecule has 90 valence electrons. The Labute approximate surface area is 95.4 Å². The lowest BCUT2D eigenvalue weighted by atomic mass is 10.0. The zero-order valence-electron chi connectivity index (χ0n) is 10.8. The van der Waals surface area contributed by atoms with Crippen LogP contribution in [0.5, 0.6) is 0 Å². The first-order chi connectivity index (χ1) is 7.26. The maximum atomic E-state index is 3.85. The fourth-order valence-electron chi connectivity index (χ4n) is 2.52. The van der Waals surface area contributed by atoms with Crippen molar-refractivity contribution < 1.29 is 0 Å². The second-order valence-corrected chi connectivity index (χ2v) is 5.02. The summed E-state index contributed by atoms with van der Waals surface area (Å²) in [5.74, 6) is 0. The zero-order valence-corrected chi connectivity index (χ0v) is 10.8. The number of rotatable bonds is 6. The van der Waals surface area contributed by atoms with Gasteiger partial charge in [-0.1, -0.05) is 26.7 Å². The molecule has 0 atom stereocenters. The number of nitrogens with one attached hydrogen (secondary N) is 1. The Hall–Kier alpha value is -0.0800. The van der Waals surface area contributed by atoms with E-state index in [1.54, 1.807) is 0 Å². The van der Waals surface area contributed by atoms with Crippen LogP contribution in [-0.2, 0) is 0 Å². The molecule has 0 bridgehead atoms. The van der Waals surface area contributed by atoms with E-state index in [2.05, 4.69) is 31.1 Å². The molecule has 0 aliphatic carbocycles. The van der Waals surface area contributed by atoms with Crippen molar-refractivity contribution in [3.05, 3.63) is 0 Å². The van der Waals surface area contributed by atoms with E-state index in [9.17, 15) is 0 Å². The minimum atomic E-state index is 0.772. The molecule has 0 aromatic carbocycles. The smallest absolute Gasteiger partial charge is 0.00939 e. The monoisotopic (exact) mass is 212 g/mol. The summed E-state index contributed by atoms with van der Waals surface area (Å²) in [5, 5.41) is 3.85. The Bertz CT molecular complexity index is 145. The van der Waals surface area contributed by atoms with Gasteiger partial charge < -0.3 is 10.2 Å². The summed E-state index contributed by atoms with van der Waals surface area (Å²) >= 11 is 0. The molecule has 2 heteroatoms. The predicted octanol–water partition coefficient (Wildman–Crippen LogP) is 2.64. The second-order valence-electron chi connectivity index (χ2n) is 5.02. The first-order valence-electron chi connectivity index (χ1n) is 6.70. The summed E-state index contributed by atoms with van der Waals surface area (Å²) in [4.78, 5) is 2.44. The lowest BCUT2D eigenvalue weighted by molar-refractivity contribution is 0.219. The van der Waals surface area contributed by atoms with Crippen LogP contribution >= 0.6 is 0 Å². The molecular weight excluding hydrogens is 184 g/mol. The average molecular weight is 212 g/mol. The molecular formula is C13H28N2. The highest BCUT2D eigenvalue weighted by Crippen LogP contribution is 2.12. The number of hydrogen-bond donors (Lipinski definition) is 1. The van der Waals surface area contributed by atoms with Gasteiger partial charge in [0.25, 0.3) is 0 Å². The van der Waals surface area contributed by atoms with Gasteiger partial charge in [0, 0.05) is 12.1 Å². The van der Waals surface area contributed by atoms with E-state index in [1.807, 2.05) is 0 Å². The molecule has 0 radical (unpaired) electrons. The van der Waals surface area contributed by atoms with Crippen molar-refractivity contribution in [3.63, 3.8) is 0 Å². The molecule has 2 nitrogen and oxygen atoms in total. The van der Waals surface area contributed by atoms with E-state index < -0.39 is 0 Å². The van der Waals surface area contributed by atoms with E-state index in [0.29, 0.717) is 0 Å². The van der Waals surface area contributed by atoms with Crippen molar-refractivity contribution in [2.45, 2.75) is 64.5 Å². The summed E-state index contributed by atoms with van der Waals surface area (Å²) in [6.45, 7) is 7.11. The van der Waals surface area contributed by atoms with Gasteiger partial charge >= 0.3 is 0 Å². The highest BCUT2D eigenvalue weighted by molar-refractivity contribution is 4.79. The van der Waals surface area contributed by atoms with Crippen LogP contribution in [-0.4, -0.2) is 37.1 Å². The Morgan fingerprint density at radius 3 is 2.13 bits per heavy atom. The lowest BCUT2D eigenvalue weighted by Gasteiger charge is -2.32. The molecule has 1 fully saturated rings. The van der Waals surface area contributed by atoms with Gasteiger partial charge in [0.1, 0.15) is 0 Å².